The number of aromatic amines is 2. The third kappa shape index (κ3) is 21.6. The molecule has 4 aliphatic rings. The van der Waals surface area contributed by atoms with E-state index in [1.165, 1.54) is 85.8 Å². The lowest BCUT2D eigenvalue weighted by Gasteiger charge is -2.36. The summed E-state index contributed by atoms with van der Waals surface area (Å²) in [5.74, 6) is -9.83. The Morgan fingerprint density at radius 1 is 0.504 bits per heavy atom. The van der Waals surface area contributed by atoms with Crippen molar-refractivity contribution in [2.45, 2.75) is 152 Å². The van der Waals surface area contributed by atoms with Crippen molar-refractivity contribution in [1.82, 2.24) is 68.1 Å². The Kier molecular flexibility index (Phi) is 29.3. The number of esters is 2. The molecule has 6 heterocycles. The van der Waals surface area contributed by atoms with E-state index in [1.807, 2.05) is 20.1 Å². The van der Waals surface area contributed by atoms with Gasteiger partial charge in [0.25, 0.3) is 0 Å². The van der Waals surface area contributed by atoms with E-state index in [9.17, 15) is 68.4 Å². The molecule has 0 saturated heterocycles. The van der Waals surface area contributed by atoms with Crippen molar-refractivity contribution in [3.63, 3.8) is 0 Å². The van der Waals surface area contributed by atoms with Crippen LogP contribution < -0.4 is 84.7 Å². The normalized spacial score (nSPS) is 15.0. The van der Waals surface area contributed by atoms with Crippen molar-refractivity contribution in [2.75, 3.05) is 35.7 Å². The second-order valence-corrected chi connectivity index (χ2v) is 34.6. The number of H-pyrrole nitrogens is 2. The van der Waals surface area contributed by atoms with Crippen molar-refractivity contribution >= 4 is 140 Å². The van der Waals surface area contributed by atoms with Gasteiger partial charge in [-0.15, -0.1) is 0 Å². The van der Waals surface area contributed by atoms with E-state index in [-0.39, 0.29) is 124 Å². The van der Waals surface area contributed by atoms with E-state index in [0.29, 0.717) is 73.4 Å². The summed E-state index contributed by atoms with van der Waals surface area (Å²) in [6, 6.07) is 23.5. The number of anilines is 2. The molecule has 0 bridgehead atoms. The summed E-state index contributed by atoms with van der Waals surface area (Å²) in [5, 5.41) is 76.2. The van der Waals surface area contributed by atoms with Gasteiger partial charge in [-0.3, -0.25) is 47.9 Å². The van der Waals surface area contributed by atoms with E-state index in [1.54, 1.807) is 98.9 Å². The number of phenols is 4. The van der Waals surface area contributed by atoms with Gasteiger partial charge in [0.1, 0.15) is 94.3 Å². The van der Waals surface area contributed by atoms with Crippen molar-refractivity contribution < 1.29 is 96.9 Å². The summed E-state index contributed by atoms with van der Waals surface area (Å²) < 4.78 is 24.8. The van der Waals surface area contributed by atoms with Crippen LogP contribution in [0.1, 0.15) is 145 Å². The number of hydrogen-bond acceptors (Lipinski definition) is 24. The number of carbonyl (C=O) groups excluding carboxylic acids is 12. The fourth-order valence-corrected chi connectivity index (χ4v) is 17.1. The summed E-state index contributed by atoms with van der Waals surface area (Å²) in [7, 11) is 0. The van der Waals surface area contributed by atoms with Crippen LogP contribution in [-0.2, 0) is 81.5 Å². The second-order valence-electron chi connectivity index (χ2n) is 32.8. The van der Waals surface area contributed by atoms with E-state index in [4.69, 9.17) is 54.9 Å². The van der Waals surface area contributed by atoms with Crippen LogP contribution in [0.2, 0.25) is 0 Å². The number of rotatable bonds is 38. The average molecular weight is 1850 g/mol. The Morgan fingerprint density at radius 3 is 1.53 bits per heavy atom. The largest absolute Gasteiger partial charge is 0.508 e. The lowest BCUT2D eigenvalue weighted by molar-refractivity contribution is -0.135. The number of thioether (sulfide) groups is 1. The number of phenolic OH excluding ortho intramolecular Hbond substituents is 4. The Balaban J connectivity index is 0.696. The molecule has 2 aromatic heterocycles. The molecule has 10 amide bonds. The zero-order valence-electron chi connectivity index (χ0n) is 71.8. The number of fused-ring (bicyclic) bond motifs is 13. The molecule has 0 saturated carbocycles. The zero-order chi connectivity index (χ0) is 93.9. The predicted octanol–water partition coefficient (Wildman–Crippen LogP) is 5.88. The summed E-state index contributed by atoms with van der Waals surface area (Å²) in [5.41, 5.74) is 13.2. The molecule has 4 aliphatic heterocycles. The highest BCUT2D eigenvalue weighted by Crippen LogP contribution is 2.59. The standard InChI is InChI=1S/C91H99N17O20S3/c1-44(2)31-68(83(120)103-65(78(93)115)28-30-131-6)105-84(121)70(35-50-41-94-43-98-50)102-76(114)42-97-85(122)77(45(3)4)108-79(116)46(5)99-82(119)69(32-47-40-96-64-12-8-7-11-55(47)64)106-81(118)67(26-27-75(92)113)104-80(117)66(107-89(130)101-49-15-21-59-57(34-49)87(124)128-91(59)62-24-18-53(111)38-73(62)126-74-39-54(112)19-25-63(74)91)13-9-10-29-95-88(129)100-48-14-20-58-56(33-48)86(123)127-90(58)60-22-16-51(109)36-71(60)125-72-37-52(110)17-23-61(72)90/h7-8,11-12,14-25,33-34,36-41,43-46,65-70,77,96,109-112H,9-10,13,26-32,35,42H2,1-6H3,(H2,92,113)(H2,93,115)(H,94,98)(H,97,122)(H,99,119)(H,102,114)(H,103,120)(H,104,117)(H,105,121)(H,106,118)(H,108,116)(H2,95,100,129)(H2,101,107,130). The minimum atomic E-state index is -1.61. The highest BCUT2D eigenvalue weighted by molar-refractivity contribution is 7.98. The lowest BCUT2D eigenvalue weighted by Crippen LogP contribution is -2.60. The van der Waals surface area contributed by atoms with E-state index < -0.39 is 156 Å². The molecule has 0 fully saturated rings. The first-order valence-corrected chi connectivity index (χ1v) is 44.4. The number of amides is 10. The van der Waals surface area contributed by atoms with Gasteiger partial charge in [0.2, 0.25) is 59.1 Å². The number of imidazole rings is 1. The number of nitrogens with one attached hydrogen (secondary N) is 14. The van der Waals surface area contributed by atoms with Gasteiger partial charge in [0.05, 0.1) is 24.0 Å². The van der Waals surface area contributed by atoms with Gasteiger partial charge >= 0.3 is 11.9 Å². The number of unbranched alkanes of at least 4 members (excludes halogenated alkanes) is 1. The van der Waals surface area contributed by atoms with Crippen molar-refractivity contribution in [3.8, 4) is 46.0 Å². The third-order valence-electron chi connectivity index (χ3n) is 22.6. The molecule has 22 N–H and O–H groups in total. The van der Waals surface area contributed by atoms with Crippen LogP contribution >= 0.6 is 36.2 Å². The molecule has 37 nitrogen and oxygen atoms in total. The molecule has 131 heavy (non-hydrogen) atoms. The zero-order valence-corrected chi connectivity index (χ0v) is 74.3. The molecule has 9 aromatic rings. The van der Waals surface area contributed by atoms with Crippen molar-refractivity contribution in [1.29, 1.82) is 0 Å². The van der Waals surface area contributed by atoms with Gasteiger partial charge in [-0.2, -0.15) is 11.8 Å². The number of benzene rings is 7. The Labute approximate surface area is 765 Å². The van der Waals surface area contributed by atoms with Crippen LogP contribution in [-0.4, -0.2) is 190 Å². The number of nitrogens with zero attached hydrogens (tertiary/aromatic N) is 1. The maximum Gasteiger partial charge on any atom is 0.340 e. The van der Waals surface area contributed by atoms with Crippen molar-refractivity contribution in [3.05, 3.63) is 208 Å². The topological polar surface area (TPSA) is 564 Å². The van der Waals surface area contributed by atoms with Gasteiger partial charge in [-0.05, 0) is 178 Å². The summed E-state index contributed by atoms with van der Waals surface area (Å²) in [6.07, 6.45) is 5.94. The number of carbonyl (C=O) groups is 12. The molecule has 0 radical (unpaired) electrons. The molecule has 0 aliphatic carbocycles. The summed E-state index contributed by atoms with van der Waals surface area (Å²) in [6.45, 7) is 7.70. The fraction of sp³-hybridized carbons (Fsp3) is 0.330. The number of para-hydroxylation sites is 1. The second kappa shape index (κ2) is 40.8. The molecule has 8 atom stereocenters. The summed E-state index contributed by atoms with van der Waals surface area (Å²) in [4.78, 5) is 178. The maximum absolute atomic E-state index is 15.2. The average Bonchev–Trinajstić information content (AvgIpc) is 1.58. The van der Waals surface area contributed by atoms with Gasteiger partial charge in [-0.1, -0.05) is 58.0 Å². The van der Waals surface area contributed by atoms with Gasteiger partial charge in [-0.25, -0.2) is 14.6 Å². The number of thiocarbonyl (C=S) groups is 2. The van der Waals surface area contributed by atoms with E-state index in [2.05, 4.69) is 78.8 Å². The quantitative estimate of drug-likeness (QED) is 0.0122. The SMILES string of the molecule is CSCCC(NC(=O)C(CC(C)C)NC(=O)C(Cc1cnc[nH]1)NC(=O)CNC(=O)C(NC(=O)C(C)NC(=O)C(Cc1c[nH]c2ccccc12)NC(=O)C(CCC(N)=O)NC(=O)C(CCCCNC(=S)Nc1ccc2c(c1)C(=O)OC21c2ccc(O)cc2Oc2cc(O)ccc21)NC(=S)Nc1ccc2c(c1)C(=O)OC21c2ccc(O)cc2Oc2cc(O)ccc21)C(C)C)C(N)=O. The van der Waals surface area contributed by atoms with E-state index in [0.717, 1.165) is 0 Å². The van der Waals surface area contributed by atoms with Gasteiger partial charge in [0.15, 0.2) is 21.4 Å². The Hall–Kier alpha value is -14.5. The minimum absolute atomic E-state index is 0.0188. The highest BCUT2D eigenvalue weighted by atomic mass is 32.2. The molecule has 13 rings (SSSR count). The van der Waals surface area contributed by atoms with Crippen LogP contribution in [0.4, 0.5) is 11.4 Å². The number of hydrogen-bond donors (Lipinski definition) is 20. The Morgan fingerprint density at radius 2 is 1.00 bits per heavy atom. The van der Waals surface area contributed by atoms with Crippen LogP contribution in [0.5, 0.6) is 46.0 Å². The number of aromatic hydroxyl groups is 4. The molecule has 8 unspecified atom stereocenters. The van der Waals surface area contributed by atoms with E-state index >= 15 is 9.59 Å². The van der Waals surface area contributed by atoms with Crippen LogP contribution in [0.15, 0.2) is 152 Å². The van der Waals surface area contributed by atoms with Gasteiger partial charge in [0, 0.05) is 124 Å². The molecule has 40 heteroatoms. The lowest BCUT2D eigenvalue weighted by atomic mass is 9.77. The third-order valence-corrected chi connectivity index (χ3v) is 23.7. The molecule has 7 aromatic carbocycles. The fourth-order valence-electron chi connectivity index (χ4n) is 16.2. The first-order chi connectivity index (χ1) is 62.6. The first kappa shape index (κ1) is 94.1. The number of aromatic nitrogens is 3. The highest BCUT2D eigenvalue weighted by Gasteiger charge is 2.56. The van der Waals surface area contributed by atoms with Crippen LogP contribution in [0, 0.1) is 11.8 Å². The molecular weight excluding hydrogens is 1750 g/mol. The predicted molar refractivity (Wildman–Crippen MR) is 489 cm³/mol. The molecular formula is C91H99N17O20S3. The van der Waals surface area contributed by atoms with Crippen LogP contribution in [0.25, 0.3) is 10.9 Å². The summed E-state index contributed by atoms with van der Waals surface area (Å²) >= 11 is 13.1. The maximum atomic E-state index is 15.2. The minimum Gasteiger partial charge on any atom is -0.508 e. The first-order valence-electron chi connectivity index (χ1n) is 42.2. The number of primary amides is 2. The molecule has 2 spiro atoms. The number of ether oxygens (including phenoxy) is 4. The van der Waals surface area contributed by atoms with Crippen LogP contribution in [0.3, 0.4) is 0 Å². The monoisotopic (exact) mass is 1850 g/mol. The van der Waals surface area contributed by atoms with Crippen molar-refractivity contribution in [2.24, 2.45) is 23.3 Å². The smallest absolute Gasteiger partial charge is 0.340 e. The number of nitrogens with two attached hydrogens (primary N) is 2. The molecule has 686 valence electrons. The Bertz CT molecular complexity index is 5870. The van der Waals surface area contributed by atoms with Gasteiger partial charge < -0.3 is 125 Å².